The molecule has 0 saturated carbocycles. The van der Waals surface area contributed by atoms with Crippen LogP contribution >= 0.6 is 43.5 Å². The molecule has 1 aromatic heterocycles. The Labute approximate surface area is 89.4 Å². The summed E-state index contributed by atoms with van der Waals surface area (Å²) in [6.07, 6.45) is -2.57. The molecule has 0 aliphatic carbocycles. The second-order valence-electron chi connectivity index (χ2n) is 1.93. The third-order valence-electron chi connectivity index (χ3n) is 1.15. The van der Waals surface area contributed by atoms with Gasteiger partial charge in [0.05, 0.1) is 5.56 Å². The largest absolute Gasteiger partial charge is 0.267 e. The summed E-state index contributed by atoms with van der Waals surface area (Å²) in [5.74, 6) is 0. The Bertz CT molecular complexity index is 283. The lowest BCUT2D eigenvalue weighted by atomic mass is 10.3. The number of halogens is 5. The molecular formula is C6H2Br2ClF2N. The van der Waals surface area contributed by atoms with E-state index in [4.69, 9.17) is 11.6 Å². The van der Waals surface area contributed by atoms with Crippen LogP contribution in [0.15, 0.2) is 15.1 Å². The summed E-state index contributed by atoms with van der Waals surface area (Å²) in [4.78, 5) is 3.63. The van der Waals surface area contributed by atoms with Crippen molar-refractivity contribution in [2.24, 2.45) is 0 Å². The number of hydrogen-bond donors (Lipinski definition) is 0. The minimum atomic E-state index is -2.57. The Kier molecular flexibility index (Phi) is 3.43. The van der Waals surface area contributed by atoms with Crippen molar-refractivity contribution in [3.8, 4) is 0 Å². The number of aromatic nitrogens is 1. The minimum absolute atomic E-state index is 0.0666. The summed E-state index contributed by atoms with van der Waals surface area (Å²) in [5.41, 5.74) is -0.181. The molecule has 6 heteroatoms. The van der Waals surface area contributed by atoms with E-state index >= 15 is 0 Å². The van der Waals surface area contributed by atoms with Crippen LogP contribution in [0.4, 0.5) is 8.78 Å². The molecule has 0 aliphatic heterocycles. The minimum Gasteiger partial charge on any atom is -0.229 e. The van der Waals surface area contributed by atoms with Gasteiger partial charge >= 0.3 is 0 Å². The van der Waals surface area contributed by atoms with Gasteiger partial charge in [-0.25, -0.2) is 13.8 Å². The quantitative estimate of drug-likeness (QED) is 0.707. The van der Waals surface area contributed by atoms with Crippen LogP contribution in [0.2, 0.25) is 5.15 Å². The van der Waals surface area contributed by atoms with Gasteiger partial charge in [0.25, 0.3) is 6.43 Å². The van der Waals surface area contributed by atoms with E-state index in [0.29, 0.717) is 0 Å². The molecule has 1 aromatic rings. The van der Waals surface area contributed by atoms with Gasteiger partial charge in [0, 0.05) is 4.47 Å². The van der Waals surface area contributed by atoms with E-state index in [1.807, 2.05) is 0 Å². The molecule has 0 aromatic carbocycles. The standard InChI is InChI=1S/C6H2Br2ClF2N/c7-2-1-3(9)12-5(8)4(2)6(10)11/h1,6H. The molecule has 0 bridgehead atoms. The zero-order chi connectivity index (χ0) is 9.30. The highest BCUT2D eigenvalue weighted by Crippen LogP contribution is 2.34. The predicted molar refractivity (Wildman–Crippen MR) is 49.6 cm³/mol. The summed E-state index contributed by atoms with van der Waals surface area (Å²) in [6.45, 7) is 0. The van der Waals surface area contributed by atoms with E-state index in [9.17, 15) is 8.78 Å². The molecule has 1 heterocycles. The first-order chi connectivity index (χ1) is 5.52. The highest BCUT2D eigenvalue weighted by Gasteiger charge is 2.17. The van der Waals surface area contributed by atoms with Crippen molar-refractivity contribution in [1.29, 1.82) is 0 Å². The average Bonchev–Trinajstić information content (AvgIpc) is 1.82. The van der Waals surface area contributed by atoms with Gasteiger partial charge in [0.15, 0.2) is 0 Å². The third kappa shape index (κ3) is 2.14. The maximum absolute atomic E-state index is 12.3. The zero-order valence-electron chi connectivity index (χ0n) is 5.49. The van der Waals surface area contributed by atoms with Gasteiger partial charge in [-0.1, -0.05) is 27.5 Å². The predicted octanol–water partition coefficient (Wildman–Crippen LogP) is 4.20. The molecule has 0 saturated heterocycles. The molecule has 1 nitrogen and oxygen atoms in total. The van der Waals surface area contributed by atoms with Crippen molar-refractivity contribution in [3.05, 3.63) is 25.9 Å². The van der Waals surface area contributed by atoms with E-state index in [-0.39, 0.29) is 19.8 Å². The first kappa shape index (κ1) is 10.3. The van der Waals surface area contributed by atoms with Crippen molar-refractivity contribution in [1.82, 2.24) is 4.98 Å². The van der Waals surface area contributed by atoms with E-state index in [2.05, 4.69) is 36.8 Å². The van der Waals surface area contributed by atoms with Gasteiger partial charge in [0.2, 0.25) is 0 Å². The number of hydrogen-bond acceptors (Lipinski definition) is 1. The first-order valence-electron chi connectivity index (χ1n) is 2.82. The molecule has 1 rings (SSSR count). The van der Waals surface area contributed by atoms with Crippen LogP contribution < -0.4 is 0 Å². The van der Waals surface area contributed by atoms with Crippen LogP contribution in [-0.4, -0.2) is 4.98 Å². The van der Waals surface area contributed by atoms with Crippen molar-refractivity contribution in [2.75, 3.05) is 0 Å². The van der Waals surface area contributed by atoms with Crippen molar-refractivity contribution < 1.29 is 8.78 Å². The zero-order valence-corrected chi connectivity index (χ0v) is 9.42. The second-order valence-corrected chi connectivity index (χ2v) is 3.92. The Morgan fingerprint density at radius 1 is 1.42 bits per heavy atom. The van der Waals surface area contributed by atoms with E-state index in [0.717, 1.165) is 0 Å². The molecule has 0 radical (unpaired) electrons. The maximum atomic E-state index is 12.3. The molecule has 0 fully saturated rings. The number of rotatable bonds is 1. The van der Waals surface area contributed by atoms with Gasteiger partial charge in [0.1, 0.15) is 9.76 Å². The van der Waals surface area contributed by atoms with Crippen LogP contribution in [-0.2, 0) is 0 Å². The molecule has 12 heavy (non-hydrogen) atoms. The molecule has 0 spiro atoms. The normalized spacial score (nSPS) is 10.8. The van der Waals surface area contributed by atoms with Gasteiger partial charge in [-0.2, -0.15) is 0 Å². The fourth-order valence-corrected chi connectivity index (χ4v) is 2.51. The van der Waals surface area contributed by atoms with E-state index in [1.54, 1.807) is 0 Å². The van der Waals surface area contributed by atoms with Crippen molar-refractivity contribution in [3.63, 3.8) is 0 Å². The highest BCUT2D eigenvalue weighted by molar-refractivity contribution is 9.11. The molecule has 0 N–H and O–H groups in total. The average molecular weight is 321 g/mol. The number of pyridine rings is 1. The summed E-state index contributed by atoms with van der Waals surface area (Å²) < 4.78 is 24.9. The van der Waals surface area contributed by atoms with Crippen LogP contribution in [0.5, 0.6) is 0 Å². The number of alkyl halides is 2. The summed E-state index contributed by atoms with van der Waals surface area (Å²) in [7, 11) is 0. The van der Waals surface area contributed by atoms with Gasteiger partial charge in [-0.15, -0.1) is 0 Å². The fraction of sp³-hybridized carbons (Fsp3) is 0.167. The Morgan fingerprint density at radius 2 is 2.00 bits per heavy atom. The topological polar surface area (TPSA) is 12.9 Å². The highest BCUT2D eigenvalue weighted by atomic mass is 79.9. The van der Waals surface area contributed by atoms with Gasteiger partial charge < -0.3 is 0 Å². The van der Waals surface area contributed by atoms with Crippen LogP contribution in [0.1, 0.15) is 12.0 Å². The lowest BCUT2D eigenvalue weighted by Crippen LogP contribution is -1.91. The molecule has 0 unspecified atom stereocenters. The Hall–Kier alpha value is 0.260. The van der Waals surface area contributed by atoms with Crippen molar-refractivity contribution in [2.45, 2.75) is 6.43 Å². The Morgan fingerprint density at radius 3 is 2.42 bits per heavy atom. The SMILES string of the molecule is FC(F)c1c(Br)cc(Cl)nc1Br. The Balaban J connectivity index is 3.28. The first-order valence-corrected chi connectivity index (χ1v) is 4.78. The van der Waals surface area contributed by atoms with E-state index < -0.39 is 6.43 Å². The monoisotopic (exact) mass is 319 g/mol. The molecule has 0 aliphatic rings. The maximum Gasteiger partial charge on any atom is 0.267 e. The van der Waals surface area contributed by atoms with Crippen molar-refractivity contribution >= 4 is 43.5 Å². The fourth-order valence-electron chi connectivity index (χ4n) is 0.661. The molecule has 66 valence electrons. The summed E-state index contributed by atoms with van der Waals surface area (Å²) in [5, 5.41) is 0.165. The summed E-state index contributed by atoms with van der Waals surface area (Å²) in [6, 6.07) is 1.33. The lowest BCUT2D eigenvalue weighted by molar-refractivity contribution is 0.149. The van der Waals surface area contributed by atoms with Gasteiger partial charge in [-0.05, 0) is 22.0 Å². The second kappa shape index (κ2) is 3.98. The van der Waals surface area contributed by atoms with Crippen LogP contribution in [0.3, 0.4) is 0 Å². The smallest absolute Gasteiger partial charge is 0.229 e. The van der Waals surface area contributed by atoms with Crippen LogP contribution in [0, 0.1) is 0 Å². The van der Waals surface area contributed by atoms with E-state index in [1.165, 1.54) is 6.07 Å². The number of nitrogens with zero attached hydrogens (tertiary/aromatic N) is 1. The molecular weight excluding hydrogens is 319 g/mol. The third-order valence-corrected chi connectivity index (χ3v) is 2.60. The van der Waals surface area contributed by atoms with Gasteiger partial charge in [-0.3, -0.25) is 0 Å². The molecule has 0 amide bonds. The van der Waals surface area contributed by atoms with Crippen LogP contribution in [0.25, 0.3) is 0 Å². The molecule has 0 atom stereocenters. The lowest BCUT2D eigenvalue weighted by Gasteiger charge is -2.04. The summed E-state index contributed by atoms with van der Waals surface area (Å²) >= 11 is 11.4.